The average molecular weight is 291 g/mol. The molecule has 0 aliphatic carbocycles. The molecule has 0 aliphatic heterocycles. The van der Waals surface area contributed by atoms with Crippen molar-refractivity contribution in [3.05, 3.63) is 46.6 Å². The lowest BCUT2D eigenvalue weighted by Crippen LogP contribution is -2.01. The molecule has 0 aliphatic rings. The summed E-state index contributed by atoms with van der Waals surface area (Å²) < 4.78 is 15.8. The number of aryl methyl sites for hydroxylation is 1. The molecule has 0 amide bonds. The summed E-state index contributed by atoms with van der Waals surface area (Å²) in [5.74, 6) is 0.0170. The number of aromatic nitrogens is 3. The number of hydrogen-bond acceptors (Lipinski definition) is 3. The average Bonchev–Trinajstić information content (AvgIpc) is 2.66. The van der Waals surface area contributed by atoms with Crippen LogP contribution in [-0.4, -0.2) is 14.5 Å². The zero-order valence-corrected chi connectivity index (χ0v) is 11.7. The van der Waals surface area contributed by atoms with Gasteiger partial charge in [0.05, 0.1) is 11.1 Å². The molecule has 0 radical (unpaired) electrons. The summed E-state index contributed by atoms with van der Waals surface area (Å²) in [6.07, 6.45) is 1.37. The van der Waals surface area contributed by atoms with E-state index in [2.05, 4.69) is 9.97 Å². The molecule has 0 saturated heterocycles. The summed E-state index contributed by atoms with van der Waals surface area (Å²) in [4.78, 5) is 8.22. The summed E-state index contributed by atoms with van der Waals surface area (Å²) in [6, 6.07) is 4.42. The van der Waals surface area contributed by atoms with Crippen LogP contribution in [0.1, 0.15) is 11.3 Å². The molecule has 102 valence electrons. The first-order valence-corrected chi connectivity index (χ1v) is 6.42. The van der Waals surface area contributed by atoms with E-state index in [1.54, 1.807) is 10.6 Å². The molecule has 0 unspecified atom stereocenters. The Hall–Kier alpha value is -2.14. The third-order valence-electron chi connectivity index (χ3n) is 3.47. The van der Waals surface area contributed by atoms with Crippen molar-refractivity contribution in [2.75, 3.05) is 5.73 Å². The Labute approximate surface area is 120 Å². The molecule has 2 heterocycles. The lowest BCUT2D eigenvalue weighted by Gasteiger charge is -2.09. The van der Waals surface area contributed by atoms with Crippen LogP contribution in [0.15, 0.2) is 24.5 Å². The second-order valence-corrected chi connectivity index (χ2v) is 5.04. The molecular formula is C14H12ClFN4. The number of nitrogens with zero attached hydrogens (tertiary/aromatic N) is 3. The predicted octanol–water partition coefficient (Wildman–Crippen LogP) is 3.41. The smallest absolute Gasteiger partial charge is 0.150 e. The van der Waals surface area contributed by atoms with Gasteiger partial charge in [-0.15, -0.1) is 0 Å². The molecule has 0 fully saturated rings. The monoisotopic (exact) mass is 290 g/mol. The van der Waals surface area contributed by atoms with Gasteiger partial charge >= 0.3 is 0 Å². The fraction of sp³-hybridized carbons (Fsp3) is 0.143. The molecule has 0 saturated carbocycles. The highest BCUT2D eigenvalue weighted by atomic mass is 35.5. The van der Waals surface area contributed by atoms with E-state index in [1.807, 2.05) is 13.8 Å². The molecule has 3 rings (SSSR count). The van der Waals surface area contributed by atoms with Gasteiger partial charge in [0, 0.05) is 10.7 Å². The molecule has 20 heavy (non-hydrogen) atoms. The zero-order chi connectivity index (χ0) is 14.4. The van der Waals surface area contributed by atoms with Crippen molar-refractivity contribution in [2.24, 2.45) is 0 Å². The van der Waals surface area contributed by atoms with Crippen LogP contribution in [0.3, 0.4) is 0 Å². The first kappa shape index (κ1) is 12.9. The van der Waals surface area contributed by atoms with E-state index in [0.29, 0.717) is 22.2 Å². The molecule has 1 aromatic carbocycles. The number of rotatable bonds is 1. The Morgan fingerprint density at radius 3 is 2.75 bits per heavy atom. The summed E-state index contributed by atoms with van der Waals surface area (Å²) in [6.45, 7) is 3.80. The Balaban J connectivity index is 2.46. The van der Waals surface area contributed by atoms with Crippen molar-refractivity contribution in [3.8, 4) is 5.69 Å². The molecule has 0 bridgehead atoms. The molecule has 3 aromatic rings. The van der Waals surface area contributed by atoms with E-state index >= 15 is 0 Å². The fourth-order valence-electron chi connectivity index (χ4n) is 2.38. The Morgan fingerprint density at radius 1 is 1.25 bits per heavy atom. The quantitative estimate of drug-likeness (QED) is 0.747. The first-order chi connectivity index (χ1) is 9.50. The largest absolute Gasteiger partial charge is 0.383 e. The van der Waals surface area contributed by atoms with E-state index in [4.69, 9.17) is 17.3 Å². The van der Waals surface area contributed by atoms with Gasteiger partial charge in [0.25, 0.3) is 0 Å². The standard InChI is InChI=1S/C14H12ClFN4/c1-7-8(2)20(11-5-9(15)3-4-10(11)16)14-12(7)13(17)18-6-19-14/h3-6H,1-2H3,(H2,17,18,19). The fourth-order valence-corrected chi connectivity index (χ4v) is 2.54. The van der Waals surface area contributed by atoms with Crippen LogP contribution < -0.4 is 5.73 Å². The Kier molecular flexibility index (Phi) is 2.87. The van der Waals surface area contributed by atoms with Crippen molar-refractivity contribution >= 4 is 28.5 Å². The number of halogens is 2. The maximum atomic E-state index is 14.1. The van der Waals surface area contributed by atoms with Crippen molar-refractivity contribution in [1.82, 2.24) is 14.5 Å². The molecule has 0 spiro atoms. The molecule has 0 atom stereocenters. The summed E-state index contributed by atoms with van der Waals surface area (Å²) >= 11 is 5.97. The Morgan fingerprint density at radius 2 is 2.00 bits per heavy atom. The van der Waals surface area contributed by atoms with Crippen molar-refractivity contribution < 1.29 is 4.39 Å². The molecule has 2 N–H and O–H groups in total. The molecule has 6 heteroatoms. The zero-order valence-electron chi connectivity index (χ0n) is 11.0. The van der Waals surface area contributed by atoms with Crippen LogP contribution in [0.5, 0.6) is 0 Å². The van der Waals surface area contributed by atoms with Crippen molar-refractivity contribution in [2.45, 2.75) is 13.8 Å². The maximum Gasteiger partial charge on any atom is 0.150 e. The van der Waals surface area contributed by atoms with Crippen LogP contribution >= 0.6 is 11.6 Å². The van der Waals surface area contributed by atoms with Crippen LogP contribution in [-0.2, 0) is 0 Å². The topological polar surface area (TPSA) is 56.7 Å². The minimum Gasteiger partial charge on any atom is -0.383 e. The van der Waals surface area contributed by atoms with Gasteiger partial charge in [-0.1, -0.05) is 11.6 Å². The van der Waals surface area contributed by atoms with E-state index in [9.17, 15) is 4.39 Å². The third kappa shape index (κ3) is 1.74. The Bertz CT molecular complexity index is 826. The number of nitrogen functional groups attached to an aromatic ring is 1. The lowest BCUT2D eigenvalue weighted by molar-refractivity contribution is 0.618. The molecule has 4 nitrogen and oxygen atoms in total. The number of benzene rings is 1. The third-order valence-corrected chi connectivity index (χ3v) is 3.71. The minimum atomic E-state index is -0.369. The number of anilines is 1. The second-order valence-electron chi connectivity index (χ2n) is 4.60. The van der Waals surface area contributed by atoms with Gasteiger partial charge in [-0.2, -0.15) is 0 Å². The summed E-state index contributed by atoms with van der Waals surface area (Å²) in [5, 5.41) is 1.20. The summed E-state index contributed by atoms with van der Waals surface area (Å²) in [5.41, 5.74) is 8.61. The van der Waals surface area contributed by atoms with Crippen molar-refractivity contribution in [1.29, 1.82) is 0 Å². The second kappa shape index (κ2) is 4.45. The number of hydrogen-bond donors (Lipinski definition) is 1. The van der Waals surface area contributed by atoms with Gasteiger partial charge in [0.15, 0.2) is 5.65 Å². The van der Waals surface area contributed by atoms with Crippen LogP contribution in [0.4, 0.5) is 10.2 Å². The highest BCUT2D eigenvalue weighted by Gasteiger charge is 2.18. The summed E-state index contributed by atoms with van der Waals surface area (Å²) in [7, 11) is 0. The SMILES string of the molecule is Cc1c(C)n(-c2cc(Cl)ccc2F)c2ncnc(N)c12. The van der Waals surface area contributed by atoms with Gasteiger partial charge in [0.1, 0.15) is 18.0 Å². The molecular weight excluding hydrogens is 279 g/mol. The van der Waals surface area contributed by atoms with Crippen molar-refractivity contribution in [3.63, 3.8) is 0 Å². The van der Waals surface area contributed by atoms with Gasteiger partial charge < -0.3 is 5.73 Å². The number of nitrogens with two attached hydrogens (primary N) is 1. The highest BCUT2D eigenvalue weighted by molar-refractivity contribution is 6.30. The van der Waals surface area contributed by atoms with E-state index < -0.39 is 0 Å². The number of fused-ring (bicyclic) bond motifs is 1. The first-order valence-electron chi connectivity index (χ1n) is 6.04. The highest BCUT2D eigenvalue weighted by Crippen LogP contribution is 2.31. The molecule has 2 aromatic heterocycles. The van der Waals surface area contributed by atoms with Gasteiger partial charge in [-0.25, -0.2) is 14.4 Å². The van der Waals surface area contributed by atoms with Crippen LogP contribution in [0, 0.1) is 19.7 Å². The van der Waals surface area contributed by atoms with Gasteiger partial charge in [-0.3, -0.25) is 4.57 Å². The minimum absolute atomic E-state index is 0.353. The van der Waals surface area contributed by atoms with Gasteiger partial charge in [-0.05, 0) is 37.6 Å². The van der Waals surface area contributed by atoms with E-state index in [-0.39, 0.29) is 5.82 Å². The van der Waals surface area contributed by atoms with E-state index in [1.165, 1.54) is 18.5 Å². The van der Waals surface area contributed by atoms with Crippen LogP contribution in [0.25, 0.3) is 16.7 Å². The maximum absolute atomic E-state index is 14.1. The van der Waals surface area contributed by atoms with Crippen LogP contribution in [0.2, 0.25) is 5.02 Å². The van der Waals surface area contributed by atoms with Gasteiger partial charge in [0.2, 0.25) is 0 Å². The normalized spacial score (nSPS) is 11.2. The lowest BCUT2D eigenvalue weighted by atomic mass is 10.2. The predicted molar refractivity (Wildman–Crippen MR) is 77.7 cm³/mol. The van der Waals surface area contributed by atoms with E-state index in [0.717, 1.165) is 16.6 Å².